The number of hydrogen-bond donors (Lipinski definition) is 1. The van der Waals surface area contributed by atoms with E-state index in [0.717, 1.165) is 0 Å². The van der Waals surface area contributed by atoms with E-state index < -0.39 is 0 Å². The van der Waals surface area contributed by atoms with Crippen molar-refractivity contribution in [2.45, 2.75) is 13.8 Å². The molecule has 58 valence electrons. The third-order valence-corrected chi connectivity index (χ3v) is 1.49. The molecule has 1 aliphatic rings. The molecule has 1 rings (SSSR count). The van der Waals surface area contributed by atoms with Crippen LogP contribution in [0.4, 0.5) is 0 Å². The Balaban J connectivity index is 0.000000371. The van der Waals surface area contributed by atoms with Crippen molar-refractivity contribution >= 4 is 23.2 Å². The van der Waals surface area contributed by atoms with Gasteiger partial charge in [-0.3, -0.25) is 9.69 Å². The van der Waals surface area contributed by atoms with E-state index in [1.807, 2.05) is 13.8 Å². The van der Waals surface area contributed by atoms with E-state index in [1.165, 1.54) is 4.90 Å². The van der Waals surface area contributed by atoms with Gasteiger partial charge >= 0.3 is 0 Å². The molecule has 0 spiro atoms. The molecular weight excluding hydrogens is 148 g/mol. The molecule has 10 heavy (non-hydrogen) atoms. The topological polar surface area (TPSA) is 32.3 Å². The quantitative estimate of drug-likeness (QED) is 0.519. The highest BCUT2D eigenvalue weighted by atomic mass is 32.1. The van der Waals surface area contributed by atoms with Crippen LogP contribution in [0, 0.1) is 0 Å². The van der Waals surface area contributed by atoms with Gasteiger partial charge in [0, 0.05) is 7.05 Å². The number of nitrogens with zero attached hydrogens (tertiary/aromatic N) is 1. The molecule has 0 saturated carbocycles. The second-order valence-electron chi connectivity index (χ2n) is 1.61. The third kappa shape index (κ3) is 1.95. The molecule has 4 heteroatoms. The molecule has 0 aliphatic carbocycles. The molecule has 0 unspecified atom stereocenters. The average Bonchev–Trinajstić information content (AvgIpc) is 2.25. The lowest BCUT2D eigenvalue weighted by molar-refractivity contribution is -0.123. The van der Waals surface area contributed by atoms with E-state index in [-0.39, 0.29) is 5.91 Å². The normalized spacial score (nSPS) is 16.1. The van der Waals surface area contributed by atoms with Gasteiger partial charge in [-0.2, -0.15) is 0 Å². The van der Waals surface area contributed by atoms with Crippen LogP contribution in [0.25, 0.3) is 0 Å². The minimum atomic E-state index is 0.0370. The Morgan fingerprint density at radius 2 is 2.10 bits per heavy atom. The highest BCUT2D eigenvalue weighted by Crippen LogP contribution is 1.92. The van der Waals surface area contributed by atoms with Gasteiger partial charge in [0.1, 0.15) is 0 Å². The first kappa shape index (κ1) is 9.36. The molecule has 0 radical (unpaired) electrons. The van der Waals surface area contributed by atoms with Gasteiger partial charge in [0.15, 0.2) is 5.11 Å². The van der Waals surface area contributed by atoms with Crippen LogP contribution in [0.5, 0.6) is 0 Å². The number of thiocarbonyl (C=S) groups is 1. The summed E-state index contributed by atoms with van der Waals surface area (Å²) in [6, 6.07) is 0. The highest BCUT2D eigenvalue weighted by Gasteiger charge is 2.19. The SMILES string of the molecule is CC.CN1C(=O)CNC1=S. The fraction of sp³-hybridized carbons (Fsp3) is 0.667. The summed E-state index contributed by atoms with van der Waals surface area (Å²) < 4.78 is 0. The van der Waals surface area contributed by atoms with Gasteiger partial charge < -0.3 is 5.32 Å². The molecular formula is C6H12N2OS. The van der Waals surface area contributed by atoms with Gasteiger partial charge in [0.05, 0.1) is 6.54 Å². The van der Waals surface area contributed by atoms with Crippen molar-refractivity contribution in [1.82, 2.24) is 10.2 Å². The summed E-state index contributed by atoms with van der Waals surface area (Å²) in [7, 11) is 1.66. The van der Waals surface area contributed by atoms with Gasteiger partial charge in [-0.25, -0.2) is 0 Å². The Hall–Kier alpha value is -0.640. The molecule has 0 aromatic heterocycles. The van der Waals surface area contributed by atoms with Gasteiger partial charge in [-0.1, -0.05) is 13.8 Å². The van der Waals surface area contributed by atoms with Crippen molar-refractivity contribution in [3.63, 3.8) is 0 Å². The first-order valence-electron chi connectivity index (χ1n) is 3.26. The Kier molecular flexibility index (Phi) is 3.95. The summed E-state index contributed by atoms with van der Waals surface area (Å²) >= 11 is 4.71. The number of hydrogen-bond acceptors (Lipinski definition) is 2. The van der Waals surface area contributed by atoms with Crippen LogP contribution in [0.3, 0.4) is 0 Å². The minimum absolute atomic E-state index is 0.0370. The van der Waals surface area contributed by atoms with Crippen LogP contribution in [0.1, 0.15) is 13.8 Å². The van der Waals surface area contributed by atoms with Gasteiger partial charge in [-0.15, -0.1) is 0 Å². The highest BCUT2D eigenvalue weighted by molar-refractivity contribution is 7.80. The Morgan fingerprint density at radius 1 is 1.60 bits per heavy atom. The maximum absolute atomic E-state index is 10.6. The van der Waals surface area contributed by atoms with E-state index in [0.29, 0.717) is 11.7 Å². The summed E-state index contributed by atoms with van der Waals surface area (Å²) in [5.41, 5.74) is 0. The van der Waals surface area contributed by atoms with E-state index in [9.17, 15) is 4.79 Å². The predicted octanol–water partition coefficient (Wildman–Crippen LogP) is 0.359. The number of carbonyl (C=O) groups excluding carboxylic acids is 1. The molecule has 1 N–H and O–H groups in total. The van der Waals surface area contributed by atoms with Crippen molar-refractivity contribution in [2.75, 3.05) is 13.6 Å². The largest absolute Gasteiger partial charge is 0.353 e. The number of amides is 1. The monoisotopic (exact) mass is 160 g/mol. The van der Waals surface area contributed by atoms with Crippen molar-refractivity contribution in [3.05, 3.63) is 0 Å². The van der Waals surface area contributed by atoms with Crippen LogP contribution in [-0.2, 0) is 4.79 Å². The molecule has 0 atom stereocenters. The number of nitrogens with one attached hydrogen (secondary N) is 1. The summed E-state index contributed by atoms with van der Waals surface area (Å²) in [4.78, 5) is 12.0. The fourth-order valence-electron chi connectivity index (χ4n) is 0.502. The zero-order valence-corrected chi connectivity index (χ0v) is 7.29. The standard InChI is InChI=1S/C4H6N2OS.C2H6/c1-6-3(7)2-5-4(6)8;1-2/h2H2,1H3,(H,5,8);1-2H3. The molecule has 1 heterocycles. The van der Waals surface area contributed by atoms with Crippen molar-refractivity contribution in [2.24, 2.45) is 0 Å². The maximum atomic E-state index is 10.6. The second-order valence-corrected chi connectivity index (χ2v) is 2.00. The molecule has 1 aliphatic heterocycles. The fourth-order valence-corrected chi connectivity index (χ4v) is 0.676. The van der Waals surface area contributed by atoms with E-state index in [4.69, 9.17) is 12.2 Å². The van der Waals surface area contributed by atoms with Crippen molar-refractivity contribution in [1.29, 1.82) is 0 Å². The summed E-state index contributed by atoms with van der Waals surface area (Å²) in [6.45, 7) is 4.36. The second kappa shape index (κ2) is 4.22. The average molecular weight is 160 g/mol. The van der Waals surface area contributed by atoms with Crippen LogP contribution in [0.15, 0.2) is 0 Å². The Morgan fingerprint density at radius 3 is 2.20 bits per heavy atom. The molecule has 0 aromatic carbocycles. The lowest BCUT2D eigenvalue weighted by atomic mass is 10.6. The zero-order chi connectivity index (χ0) is 8.15. The van der Waals surface area contributed by atoms with Crippen molar-refractivity contribution < 1.29 is 4.79 Å². The smallest absolute Gasteiger partial charge is 0.247 e. The van der Waals surface area contributed by atoms with Crippen LogP contribution in [0.2, 0.25) is 0 Å². The van der Waals surface area contributed by atoms with E-state index in [2.05, 4.69) is 5.32 Å². The molecule has 0 aromatic rings. The van der Waals surface area contributed by atoms with Crippen molar-refractivity contribution in [3.8, 4) is 0 Å². The maximum Gasteiger partial charge on any atom is 0.247 e. The van der Waals surface area contributed by atoms with Gasteiger partial charge in [-0.05, 0) is 12.2 Å². The number of rotatable bonds is 0. The number of carbonyl (C=O) groups is 1. The predicted molar refractivity (Wildman–Crippen MR) is 44.7 cm³/mol. The van der Waals surface area contributed by atoms with E-state index in [1.54, 1.807) is 7.05 Å². The summed E-state index contributed by atoms with van der Waals surface area (Å²) in [5, 5.41) is 3.25. The summed E-state index contributed by atoms with van der Waals surface area (Å²) in [5.74, 6) is 0.0370. The molecule has 1 fully saturated rings. The Bertz CT molecular complexity index is 131. The number of likely N-dealkylation sites (N-methyl/N-ethyl adjacent to an activating group) is 1. The molecule has 1 amide bonds. The molecule has 1 saturated heterocycles. The Labute approximate surface area is 66.4 Å². The zero-order valence-electron chi connectivity index (χ0n) is 6.47. The lowest BCUT2D eigenvalue weighted by Gasteiger charge is -2.03. The van der Waals surface area contributed by atoms with Crippen LogP contribution >= 0.6 is 12.2 Å². The van der Waals surface area contributed by atoms with E-state index >= 15 is 0 Å². The van der Waals surface area contributed by atoms with Gasteiger partial charge in [0.25, 0.3) is 0 Å². The van der Waals surface area contributed by atoms with Gasteiger partial charge in [0.2, 0.25) is 5.91 Å². The first-order chi connectivity index (χ1) is 4.72. The van der Waals surface area contributed by atoms with Crippen LogP contribution < -0.4 is 5.32 Å². The van der Waals surface area contributed by atoms with Crippen LogP contribution in [-0.4, -0.2) is 29.5 Å². The molecule has 3 nitrogen and oxygen atoms in total. The lowest BCUT2D eigenvalue weighted by Crippen LogP contribution is -2.25. The third-order valence-electron chi connectivity index (χ3n) is 1.07. The first-order valence-corrected chi connectivity index (χ1v) is 3.67. The minimum Gasteiger partial charge on any atom is -0.353 e. The summed E-state index contributed by atoms with van der Waals surface area (Å²) in [6.07, 6.45) is 0. The molecule has 0 bridgehead atoms.